The number of carbonyl (C=O) groups excluding carboxylic acids is 1. The lowest BCUT2D eigenvalue weighted by Gasteiger charge is -2.01. The number of aromatic nitrogens is 1. The molecule has 0 fully saturated rings. The van der Waals surface area contributed by atoms with E-state index >= 15 is 0 Å². The zero-order valence-corrected chi connectivity index (χ0v) is 9.94. The third kappa shape index (κ3) is 2.26. The molecule has 0 bridgehead atoms. The molecule has 0 radical (unpaired) electrons. The van der Waals surface area contributed by atoms with Crippen molar-refractivity contribution >= 4 is 27.3 Å². The summed E-state index contributed by atoms with van der Waals surface area (Å²) in [5, 5.41) is 0. The third-order valence-electron chi connectivity index (χ3n) is 1.55. The number of hydrogen-bond donors (Lipinski definition) is 0. The minimum atomic E-state index is -3.50. The van der Waals surface area contributed by atoms with E-state index in [4.69, 9.17) is 4.74 Å². The van der Waals surface area contributed by atoms with Gasteiger partial charge in [0, 0.05) is 6.26 Å². The molecule has 0 atom stereocenters. The van der Waals surface area contributed by atoms with Crippen molar-refractivity contribution in [3.63, 3.8) is 0 Å². The molecule has 0 aromatic carbocycles. The summed E-state index contributed by atoms with van der Waals surface area (Å²) in [7, 11) is -1.05. The Labute approximate surface area is 90.9 Å². The second-order valence-electron chi connectivity index (χ2n) is 2.62. The van der Waals surface area contributed by atoms with Gasteiger partial charge < -0.3 is 9.47 Å². The average molecular weight is 251 g/mol. The summed E-state index contributed by atoms with van der Waals surface area (Å²) >= 11 is 0.688. The van der Waals surface area contributed by atoms with Crippen molar-refractivity contribution in [1.29, 1.82) is 0 Å². The summed E-state index contributed by atoms with van der Waals surface area (Å²) in [6, 6.07) is 0. The number of ether oxygens (including phenoxy) is 2. The molecule has 8 heteroatoms. The van der Waals surface area contributed by atoms with E-state index in [9.17, 15) is 13.2 Å². The first-order chi connectivity index (χ1) is 6.91. The van der Waals surface area contributed by atoms with E-state index in [1.165, 1.54) is 7.11 Å². The molecule has 0 aliphatic heterocycles. The summed E-state index contributed by atoms with van der Waals surface area (Å²) in [5.74, 6) is -0.812. The summed E-state index contributed by atoms with van der Waals surface area (Å²) in [6.07, 6.45) is 0.992. The van der Waals surface area contributed by atoms with Crippen molar-refractivity contribution in [2.75, 3.05) is 20.5 Å². The number of methoxy groups -OCH3 is 2. The highest BCUT2D eigenvalue weighted by Crippen LogP contribution is 2.29. The van der Waals surface area contributed by atoms with Crippen molar-refractivity contribution in [3.05, 3.63) is 5.56 Å². The highest BCUT2D eigenvalue weighted by atomic mass is 32.2. The SMILES string of the molecule is COC(=O)c1c(OC)nsc1S(C)(=O)=O. The Bertz CT molecular complexity index is 476. The third-order valence-corrected chi connectivity index (χ3v) is 4.19. The van der Waals surface area contributed by atoms with Gasteiger partial charge in [-0.2, -0.15) is 4.37 Å². The predicted octanol–water partition coefficient (Wildman–Crippen LogP) is 0.342. The zero-order chi connectivity index (χ0) is 11.6. The maximum atomic E-state index is 11.3. The number of esters is 1. The normalized spacial score (nSPS) is 11.1. The molecule has 84 valence electrons. The molecular formula is C7H9NO5S2. The Balaban J connectivity index is 3.43. The van der Waals surface area contributed by atoms with Crippen LogP contribution in [-0.2, 0) is 14.6 Å². The predicted molar refractivity (Wildman–Crippen MR) is 53.1 cm³/mol. The minimum absolute atomic E-state index is 0.0349. The Morgan fingerprint density at radius 3 is 2.40 bits per heavy atom. The minimum Gasteiger partial charge on any atom is -0.480 e. The second-order valence-corrected chi connectivity index (χ2v) is 5.60. The van der Waals surface area contributed by atoms with E-state index in [-0.39, 0.29) is 15.7 Å². The van der Waals surface area contributed by atoms with Crippen molar-refractivity contribution < 1.29 is 22.7 Å². The lowest BCUT2D eigenvalue weighted by atomic mass is 10.3. The van der Waals surface area contributed by atoms with Crippen LogP contribution in [0.5, 0.6) is 5.88 Å². The molecule has 1 aromatic rings. The molecule has 0 N–H and O–H groups in total. The molecule has 1 aromatic heterocycles. The van der Waals surface area contributed by atoms with Gasteiger partial charge in [-0.3, -0.25) is 0 Å². The van der Waals surface area contributed by atoms with Gasteiger partial charge in [-0.05, 0) is 11.5 Å². The summed E-state index contributed by atoms with van der Waals surface area (Å²) < 4.78 is 35.4. The van der Waals surface area contributed by atoms with Gasteiger partial charge in [0.15, 0.2) is 19.6 Å². The number of hydrogen-bond acceptors (Lipinski definition) is 7. The molecule has 1 rings (SSSR count). The molecule has 0 aliphatic rings. The fourth-order valence-corrected chi connectivity index (χ4v) is 2.72. The summed E-state index contributed by atoms with van der Waals surface area (Å²) in [6.45, 7) is 0. The van der Waals surface area contributed by atoms with Crippen LogP contribution in [0.15, 0.2) is 4.21 Å². The van der Waals surface area contributed by atoms with Crippen molar-refractivity contribution in [3.8, 4) is 5.88 Å². The number of rotatable bonds is 3. The van der Waals surface area contributed by atoms with E-state index in [1.807, 2.05) is 0 Å². The Kier molecular flexibility index (Phi) is 3.30. The first kappa shape index (κ1) is 11.9. The fraction of sp³-hybridized carbons (Fsp3) is 0.429. The lowest BCUT2D eigenvalue weighted by molar-refractivity contribution is 0.0593. The Morgan fingerprint density at radius 2 is 2.00 bits per heavy atom. The molecule has 1 heterocycles. The van der Waals surface area contributed by atoms with Gasteiger partial charge in [-0.15, -0.1) is 0 Å². The Hall–Kier alpha value is -1.15. The molecule has 6 nitrogen and oxygen atoms in total. The van der Waals surface area contributed by atoms with Gasteiger partial charge >= 0.3 is 5.97 Å². The monoisotopic (exact) mass is 251 g/mol. The number of carbonyl (C=O) groups is 1. The molecule has 0 aliphatic carbocycles. The van der Waals surface area contributed by atoms with Crippen LogP contribution in [0.2, 0.25) is 0 Å². The van der Waals surface area contributed by atoms with E-state index < -0.39 is 15.8 Å². The van der Waals surface area contributed by atoms with Crippen LogP contribution in [0.3, 0.4) is 0 Å². The lowest BCUT2D eigenvalue weighted by Crippen LogP contribution is -2.08. The molecule has 0 saturated carbocycles. The van der Waals surface area contributed by atoms with Crippen LogP contribution in [0.25, 0.3) is 0 Å². The maximum Gasteiger partial charge on any atom is 0.345 e. The summed E-state index contributed by atoms with van der Waals surface area (Å²) in [4.78, 5) is 11.3. The van der Waals surface area contributed by atoms with Crippen LogP contribution >= 0.6 is 11.5 Å². The van der Waals surface area contributed by atoms with Crippen LogP contribution in [0, 0.1) is 0 Å². The van der Waals surface area contributed by atoms with E-state index in [1.54, 1.807) is 0 Å². The molecule has 0 amide bonds. The largest absolute Gasteiger partial charge is 0.480 e. The highest BCUT2D eigenvalue weighted by Gasteiger charge is 2.28. The zero-order valence-electron chi connectivity index (χ0n) is 8.30. The highest BCUT2D eigenvalue weighted by molar-refractivity contribution is 7.92. The van der Waals surface area contributed by atoms with Crippen molar-refractivity contribution in [2.45, 2.75) is 4.21 Å². The smallest absolute Gasteiger partial charge is 0.345 e. The first-order valence-corrected chi connectivity index (χ1v) is 6.40. The number of sulfone groups is 1. The van der Waals surface area contributed by atoms with Crippen LogP contribution in [-0.4, -0.2) is 39.2 Å². The van der Waals surface area contributed by atoms with Gasteiger partial charge in [0.25, 0.3) is 0 Å². The fourth-order valence-electron chi connectivity index (χ4n) is 0.927. The topological polar surface area (TPSA) is 82.6 Å². The van der Waals surface area contributed by atoms with E-state index in [0.29, 0.717) is 11.5 Å². The van der Waals surface area contributed by atoms with Crippen molar-refractivity contribution in [1.82, 2.24) is 4.37 Å². The van der Waals surface area contributed by atoms with Gasteiger partial charge in [-0.25, -0.2) is 13.2 Å². The molecular weight excluding hydrogens is 242 g/mol. The van der Waals surface area contributed by atoms with Crippen LogP contribution < -0.4 is 4.74 Å². The van der Waals surface area contributed by atoms with Crippen molar-refractivity contribution in [2.24, 2.45) is 0 Å². The average Bonchev–Trinajstić information content (AvgIpc) is 2.59. The maximum absolute atomic E-state index is 11.3. The van der Waals surface area contributed by atoms with Gasteiger partial charge in [0.05, 0.1) is 14.2 Å². The molecule has 0 unspecified atom stereocenters. The standard InChI is InChI=1S/C7H9NO5S2/c1-12-5-4(6(9)13-2)7(14-8-5)15(3,10)11/h1-3H3. The first-order valence-electron chi connectivity index (χ1n) is 3.73. The molecule has 0 saturated heterocycles. The summed E-state index contributed by atoms with van der Waals surface area (Å²) in [5.41, 5.74) is -0.146. The van der Waals surface area contributed by atoms with Crippen LogP contribution in [0.4, 0.5) is 0 Å². The van der Waals surface area contributed by atoms with Gasteiger partial charge in [-0.1, -0.05) is 0 Å². The Morgan fingerprint density at radius 1 is 1.40 bits per heavy atom. The van der Waals surface area contributed by atoms with Gasteiger partial charge in [0.2, 0.25) is 5.88 Å². The quantitative estimate of drug-likeness (QED) is 0.720. The van der Waals surface area contributed by atoms with Crippen LogP contribution in [0.1, 0.15) is 10.4 Å². The van der Waals surface area contributed by atoms with E-state index in [2.05, 4.69) is 9.11 Å². The number of nitrogens with zero attached hydrogens (tertiary/aromatic N) is 1. The van der Waals surface area contributed by atoms with Gasteiger partial charge in [0.1, 0.15) is 0 Å². The molecule has 15 heavy (non-hydrogen) atoms. The van der Waals surface area contributed by atoms with E-state index in [0.717, 1.165) is 13.4 Å². The molecule has 0 spiro atoms. The second kappa shape index (κ2) is 4.15.